The Labute approximate surface area is 104 Å². The molecular formula is C12H15IO2. The van der Waals surface area contributed by atoms with Gasteiger partial charge in [-0.1, -0.05) is 13.8 Å². The van der Waals surface area contributed by atoms with Crippen molar-refractivity contribution < 1.29 is 9.53 Å². The number of hydrogen-bond acceptors (Lipinski definition) is 2. The van der Waals surface area contributed by atoms with Gasteiger partial charge in [0.15, 0.2) is 5.78 Å². The number of halogens is 1. The Bertz CT molecular complexity index is 361. The first-order chi connectivity index (χ1) is 7.10. The lowest BCUT2D eigenvalue weighted by Gasteiger charge is -2.11. The van der Waals surface area contributed by atoms with Gasteiger partial charge in [-0.05, 0) is 47.2 Å². The zero-order valence-corrected chi connectivity index (χ0v) is 11.4. The van der Waals surface area contributed by atoms with Gasteiger partial charge < -0.3 is 4.74 Å². The molecule has 0 aliphatic rings. The molecule has 0 saturated heterocycles. The van der Waals surface area contributed by atoms with Crippen LogP contribution >= 0.6 is 22.6 Å². The maximum atomic E-state index is 12.0. The predicted molar refractivity (Wildman–Crippen MR) is 69.5 cm³/mol. The van der Waals surface area contributed by atoms with Gasteiger partial charge in [-0.3, -0.25) is 4.79 Å². The number of carbonyl (C=O) groups is 1. The van der Waals surface area contributed by atoms with Gasteiger partial charge in [0.05, 0.1) is 12.7 Å². The Balaban J connectivity index is 3.11. The summed E-state index contributed by atoms with van der Waals surface area (Å²) in [7, 11) is 1.59. The molecule has 3 heteroatoms. The molecule has 0 N–H and O–H groups in total. The number of benzene rings is 1. The van der Waals surface area contributed by atoms with Crippen molar-refractivity contribution in [2.45, 2.75) is 20.3 Å². The summed E-state index contributed by atoms with van der Waals surface area (Å²) in [5, 5.41) is 0. The second-order valence-corrected chi connectivity index (χ2v) is 4.76. The van der Waals surface area contributed by atoms with Crippen LogP contribution in [0.2, 0.25) is 0 Å². The molecule has 1 rings (SSSR count). The third-order valence-electron chi connectivity index (χ3n) is 2.49. The molecule has 0 aliphatic heterocycles. The normalized spacial score (nSPS) is 12.3. The van der Waals surface area contributed by atoms with Crippen LogP contribution in [-0.2, 0) is 0 Å². The van der Waals surface area contributed by atoms with Crippen molar-refractivity contribution in [3.8, 4) is 5.75 Å². The summed E-state index contributed by atoms with van der Waals surface area (Å²) in [6.45, 7) is 3.96. The molecular weight excluding hydrogens is 303 g/mol. The highest BCUT2D eigenvalue weighted by Gasteiger charge is 2.17. The standard InChI is InChI=1S/C12H15IO2/c1-4-8(2)12(14)10-7-9(13)5-6-11(10)15-3/h5-8H,4H2,1-3H3. The van der Waals surface area contributed by atoms with Gasteiger partial charge in [0, 0.05) is 9.49 Å². The highest BCUT2D eigenvalue weighted by atomic mass is 127. The number of hydrogen-bond donors (Lipinski definition) is 0. The van der Waals surface area contributed by atoms with Crippen molar-refractivity contribution in [2.24, 2.45) is 5.92 Å². The molecule has 15 heavy (non-hydrogen) atoms. The van der Waals surface area contributed by atoms with Gasteiger partial charge in [-0.2, -0.15) is 0 Å². The van der Waals surface area contributed by atoms with Crippen molar-refractivity contribution in [3.05, 3.63) is 27.3 Å². The molecule has 1 aromatic carbocycles. The maximum absolute atomic E-state index is 12.0. The van der Waals surface area contributed by atoms with E-state index in [0.717, 1.165) is 9.99 Å². The van der Waals surface area contributed by atoms with Crippen molar-refractivity contribution in [1.29, 1.82) is 0 Å². The summed E-state index contributed by atoms with van der Waals surface area (Å²) < 4.78 is 6.25. The third kappa shape index (κ3) is 2.93. The zero-order valence-electron chi connectivity index (χ0n) is 9.21. The molecule has 0 aliphatic carbocycles. The first-order valence-corrected chi connectivity index (χ1v) is 6.05. The number of rotatable bonds is 4. The first kappa shape index (κ1) is 12.5. The molecule has 1 unspecified atom stereocenters. The Kier molecular flexibility index (Phi) is 4.57. The summed E-state index contributed by atoms with van der Waals surface area (Å²) >= 11 is 2.20. The second kappa shape index (κ2) is 5.49. The molecule has 0 radical (unpaired) electrons. The SMILES string of the molecule is CCC(C)C(=O)c1cc(I)ccc1OC. The minimum atomic E-state index is 0.0529. The zero-order chi connectivity index (χ0) is 11.4. The fourth-order valence-corrected chi connectivity index (χ4v) is 1.81. The summed E-state index contributed by atoms with van der Waals surface area (Å²) in [5.41, 5.74) is 0.693. The van der Waals surface area contributed by atoms with Crippen molar-refractivity contribution >= 4 is 28.4 Å². The van der Waals surface area contributed by atoms with Crippen LogP contribution in [0.5, 0.6) is 5.75 Å². The van der Waals surface area contributed by atoms with E-state index in [4.69, 9.17) is 4.74 Å². The van der Waals surface area contributed by atoms with Gasteiger partial charge in [-0.25, -0.2) is 0 Å². The van der Waals surface area contributed by atoms with Gasteiger partial charge in [-0.15, -0.1) is 0 Å². The van der Waals surface area contributed by atoms with E-state index in [1.165, 1.54) is 0 Å². The van der Waals surface area contributed by atoms with Crippen LogP contribution < -0.4 is 4.74 Å². The van der Waals surface area contributed by atoms with Gasteiger partial charge >= 0.3 is 0 Å². The van der Waals surface area contributed by atoms with E-state index in [9.17, 15) is 4.79 Å². The molecule has 0 amide bonds. The minimum absolute atomic E-state index is 0.0529. The van der Waals surface area contributed by atoms with Crippen molar-refractivity contribution in [3.63, 3.8) is 0 Å². The first-order valence-electron chi connectivity index (χ1n) is 4.97. The number of Topliss-reactive ketones (excluding diaryl/α,β-unsaturated/α-hetero) is 1. The van der Waals surface area contributed by atoms with E-state index in [-0.39, 0.29) is 11.7 Å². The monoisotopic (exact) mass is 318 g/mol. The van der Waals surface area contributed by atoms with Gasteiger partial charge in [0.1, 0.15) is 5.75 Å². The van der Waals surface area contributed by atoms with E-state index in [2.05, 4.69) is 22.6 Å². The lowest BCUT2D eigenvalue weighted by atomic mass is 9.96. The molecule has 1 atom stereocenters. The minimum Gasteiger partial charge on any atom is -0.496 e. The molecule has 2 nitrogen and oxygen atoms in total. The Hall–Kier alpha value is -0.580. The third-order valence-corrected chi connectivity index (χ3v) is 3.16. The van der Waals surface area contributed by atoms with Gasteiger partial charge in [0.25, 0.3) is 0 Å². The van der Waals surface area contributed by atoms with Crippen LogP contribution in [0.4, 0.5) is 0 Å². The largest absolute Gasteiger partial charge is 0.496 e. The molecule has 0 bridgehead atoms. The van der Waals surface area contributed by atoms with Crippen LogP contribution in [0.3, 0.4) is 0 Å². The highest BCUT2D eigenvalue weighted by Crippen LogP contribution is 2.24. The molecule has 1 aromatic rings. The molecule has 82 valence electrons. The highest BCUT2D eigenvalue weighted by molar-refractivity contribution is 14.1. The molecule has 0 saturated carbocycles. The molecule has 0 fully saturated rings. The van der Waals surface area contributed by atoms with Crippen LogP contribution in [0.25, 0.3) is 0 Å². The van der Waals surface area contributed by atoms with E-state index in [0.29, 0.717) is 11.3 Å². The average molecular weight is 318 g/mol. The van der Waals surface area contributed by atoms with E-state index >= 15 is 0 Å². The van der Waals surface area contributed by atoms with Gasteiger partial charge in [0.2, 0.25) is 0 Å². The van der Waals surface area contributed by atoms with E-state index in [1.54, 1.807) is 7.11 Å². The lowest BCUT2D eigenvalue weighted by molar-refractivity contribution is 0.0924. The summed E-state index contributed by atoms with van der Waals surface area (Å²) in [6.07, 6.45) is 0.855. The Morgan fingerprint density at radius 2 is 2.20 bits per heavy atom. The van der Waals surface area contributed by atoms with Crippen molar-refractivity contribution in [1.82, 2.24) is 0 Å². The number of carbonyl (C=O) groups excluding carboxylic acids is 1. The smallest absolute Gasteiger partial charge is 0.169 e. The van der Waals surface area contributed by atoms with Crippen LogP contribution in [0, 0.1) is 9.49 Å². The molecule has 0 heterocycles. The molecule has 0 aromatic heterocycles. The Morgan fingerprint density at radius 3 is 2.73 bits per heavy atom. The van der Waals surface area contributed by atoms with Crippen LogP contribution in [0.15, 0.2) is 18.2 Å². The van der Waals surface area contributed by atoms with Crippen LogP contribution in [-0.4, -0.2) is 12.9 Å². The van der Waals surface area contributed by atoms with Crippen LogP contribution in [0.1, 0.15) is 30.6 Å². The van der Waals surface area contributed by atoms with E-state index < -0.39 is 0 Å². The number of ketones is 1. The van der Waals surface area contributed by atoms with E-state index in [1.807, 2.05) is 32.0 Å². The topological polar surface area (TPSA) is 26.3 Å². The summed E-state index contributed by atoms with van der Waals surface area (Å²) in [5.74, 6) is 0.880. The quantitative estimate of drug-likeness (QED) is 0.627. The Morgan fingerprint density at radius 1 is 1.53 bits per heavy atom. The fourth-order valence-electron chi connectivity index (χ4n) is 1.32. The lowest BCUT2D eigenvalue weighted by Crippen LogP contribution is -2.11. The maximum Gasteiger partial charge on any atom is 0.169 e. The predicted octanol–water partition coefficient (Wildman–Crippen LogP) is 3.53. The number of ether oxygens (including phenoxy) is 1. The average Bonchev–Trinajstić information content (AvgIpc) is 2.27. The fraction of sp³-hybridized carbons (Fsp3) is 0.417. The summed E-state index contributed by atoms with van der Waals surface area (Å²) in [4.78, 5) is 12.0. The number of methoxy groups -OCH3 is 1. The summed E-state index contributed by atoms with van der Waals surface area (Å²) in [6, 6.07) is 5.66. The van der Waals surface area contributed by atoms with Crippen molar-refractivity contribution in [2.75, 3.05) is 7.11 Å². The second-order valence-electron chi connectivity index (χ2n) is 3.52. The molecule has 0 spiro atoms.